The van der Waals surface area contributed by atoms with Crippen molar-refractivity contribution in [2.45, 2.75) is 0 Å². The Labute approximate surface area is 120 Å². The summed E-state index contributed by atoms with van der Waals surface area (Å²) in [5.74, 6) is 0.177. The van der Waals surface area contributed by atoms with Gasteiger partial charge in [-0.3, -0.25) is 4.52 Å². The SMILES string of the molecule is [O-][n+]1noc(/N=C\c2ccccc2O)c1-c1ccccc1. The minimum atomic E-state index is 0.0828. The Kier molecular flexibility index (Phi) is 3.34. The molecule has 104 valence electrons. The third-order valence-corrected chi connectivity index (χ3v) is 2.90. The Morgan fingerprint density at radius 3 is 2.57 bits per heavy atom. The highest BCUT2D eigenvalue weighted by Crippen LogP contribution is 2.26. The predicted molar refractivity (Wildman–Crippen MR) is 76.3 cm³/mol. The summed E-state index contributed by atoms with van der Waals surface area (Å²) in [6.07, 6.45) is 1.42. The van der Waals surface area contributed by atoms with Crippen LogP contribution in [-0.4, -0.2) is 16.6 Å². The van der Waals surface area contributed by atoms with Crippen molar-refractivity contribution >= 4 is 12.1 Å². The second kappa shape index (κ2) is 5.46. The number of hydrogen-bond donors (Lipinski definition) is 1. The maximum Gasteiger partial charge on any atom is 0.331 e. The fourth-order valence-corrected chi connectivity index (χ4v) is 1.88. The van der Waals surface area contributed by atoms with E-state index in [9.17, 15) is 10.3 Å². The molecule has 6 heteroatoms. The lowest BCUT2D eigenvalue weighted by molar-refractivity contribution is -0.669. The largest absolute Gasteiger partial charge is 0.591 e. The molecule has 6 nitrogen and oxygen atoms in total. The summed E-state index contributed by atoms with van der Waals surface area (Å²) in [6, 6.07) is 15.7. The van der Waals surface area contributed by atoms with Gasteiger partial charge in [-0.1, -0.05) is 30.3 Å². The van der Waals surface area contributed by atoms with Gasteiger partial charge in [-0.25, -0.2) is 4.99 Å². The summed E-state index contributed by atoms with van der Waals surface area (Å²) < 4.78 is 4.93. The molecule has 1 N–H and O–H groups in total. The molecule has 0 saturated heterocycles. The fraction of sp³-hybridized carbons (Fsp3) is 0. The van der Waals surface area contributed by atoms with Crippen LogP contribution in [0.5, 0.6) is 5.75 Å². The van der Waals surface area contributed by atoms with Crippen molar-refractivity contribution in [1.29, 1.82) is 0 Å². The summed E-state index contributed by atoms with van der Waals surface area (Å²) in [5, 5.41) is 24.7. The molecule has 3 aromatic rings. The molecule has 3 rings (SSSR count). The molecule has 0 aliphatic heterocycles. The number of nitrogens with zero attached hydrogens (tertiary/aromatic N) is 3. The second-order valence-corrected chi connectivity index (χ2v) is 4.28. The number of benzene rings is 2. The van der Waals surface area contributed by atoms with Crippen molar-refractivity contribution < 1.29 is 14.5 Å². The van der Waals surface area contributed by atoms with Gasteiger partial charge in [-0.2, -0.15) is 0 Å². The summed E-state index contributed by atoms with van der Waals surface area (Å²) in [7, 11) is 0. The van der Waals surface area contributed by atoms with Gasteiger partial charge in [0, 0.05) is 11.8 Å². The number of phenolic OH excluding ortho intramolecular Hbond substituents is 1. The van der Waals surface area contributed by atoms with E-state index < -0.39 is 0 Å². The Morgan fingerprint density at radius 1 is 1.10 bits per heavy atom. The summed E-state index contributed by atoms with van der Waals surface area (Å²) in [4.78, 5) is 4.48. The monoisotopic (exact) mass is 281 g/mol. The number of aromatic hydroxyl groups is 1. The molecule has 0 aliphatic rings. The van der Waals surface area contributed by atoms with Crippen molar-refractivity contribution in [2.75, 3.05) is 0 Å². The van der Waals surface area contributed by atoms with E-state index in [-0.39, 0.29) is 17.3 Å². The molecule has 2 aromatic carbocycles. The zero-order valence-electron chi connectivity index (χ0n) is 10.9. The Hall–Kier alpha value is -3.15. The van der Waals surface area contributed by atoms with Crippen molar-refractivity contribution in [3.8, 4) is 17.0 Å². The van der Waals surface area contributed by atoms with Crippen LogP contribution in [0.15, 0.2) is 64.1 Å². The molecule has 0 bridgehead atoms. The summed E-state index contributed by atoms with van der Waals surface area (Å²) >= 11 is 0. The van der Waals surface area contributed by atoms with Gasteiger partial charge in [0.15, 0.2) is 0 Å². The molecular formula is C15H11N3O3. The van der Waals surface area contributed by atoms with Crippen LogP contribution in [-0.2, 0) is 0 Å². The molecule has 0 spiro atoms. The maximum atomic E-state index is 11.7. The van der Waals surface area contributed by atoms with E-state index in [1.165, 1.54) is 6.21 Å². The van der Waals surface area contributed by atoms with Gasteiger partial charge in [0.05, 0.1) is 5.56 Å². The van der Waals surface area contributed by atoms with Crippen molar-refractivity contribution in [3.05, 3.63) is 65.4 Å². The first-order valence-electron chi connectivity index (χ1n) is 6.23. The van der Waals surface area contributed by atoms with E-state index in [1.807, 2.05) is 6.07 Å². The lowest BCUT2D eigenvalue weighted by atomic mass is 10.1. The van der Waals surface area contributed by atoms with Crippen LogP contribution < -0.4 is 4.85 Å². The van der Waals surface area contributed by atoms with Gasteiger partial charge in [0.2, 0.25) is 5.27 Å². The smallest absolute Gasteiger partial charge is 0.331 e. The predicted octanol–water partition coefficient (Wildman–Crippen LogP) is 2.43. The lowest BCUT2D eigenvalue weighted by Crippen LogP contribution is -2.29. The molecular weight excluding hydrogens is 270 g/mol. The number of para-hydroxylation sites is 1. The highest BCUT2D eigenvalue weighted by molar-refractivity contribution is 5.85. The minimum Gasteiger partial charge on any atom is -0.591 e. The molecule has 0 radical (unpaired) electrons. The molecule has 0 unspecified atom stereocenters. The van der Waals surface area contributed by atoms with E-state index in [2.05, 4.69) is 10.3 Å². The third kappa shape index (κ3) is 2.59. The zero-order chi connectivity index (χ0) is 14.7. The van der Waals surface area contributed by atoms with Crippen LogP contribution in [0.3, 0.4) is 0 Å². The fourth-order valence-electron chi connectivity index (χ4n) is 1.88. The average molecular weight is 281 g/mol. The zero-order valence-corrected chi connectivity index (χ0v) is 10.9. The highest BCUT2D eigenvalue weighted by atomic mass is 16.6. The highest BCUT2D eigenvalue weighted by Gasteiger charge is 2.22. The molecule has 1 heterocycles. The van der Waals surface area contributed by atoms with Gasteiger partial charge in [-0.05, 0) is 29.1 Å². The van der Waals surface area contributed by atoms with E-state index in [1.54, 1.807) is 48.5 Å². The standard InChI is InChI=1S/C15H11N3O3/c19-13-9-5-4-8-12(13)10-16-15-14(18(20)17-21-15)11-6-2-1-3-7-11/h1-10,19H/b16-10-. The van der Waals surface area contributed by atoms with E-state index >= 15 is 0 Å². The van der Waals surface area contributed by atoms with Crippen molar-refractivity contribution in [2.24, 2.45) is 4.99 Å². The van der Waals surface area contributed by atoms with Crippen LogP contribution >= 0.6 is 0 Å². The number of aromatic nitrogens is 2. The summed E-state index contributed by atoms with van der Waals surface area (Å²) in [6.45, 7) is 0. The van der Waals surface area contributed by atoms with Gasteiger partial charge in [-0.15, -0.1) is 0 Å². The van der Waals surface area contributed by atoms with Crippen LogP contribution in [0, 0.1) is 5.21 Å². The van der Waals surface area contributed by atoms with Gasteiger partial charge in [0.1, 0.15) is 5.75 Å². The quantitative estimate of drug-likeness (QED) is 0.454. The number of hydrogen-bond acceptors (Lipinski definition) is 5. The van der Waals surface area contributed by atoms with Crippen LogP contribution in [0.25, 0.3) is 11.3 Å². The Bertz CT molecular complexity index is 782. The van der Waals surface area contributed by atoms with Crippen molar-refractivity contribution in [1.82, 2.24) is 5.27 Å². The Balaban J connectivity index is 2.00. The van der Waals surface area contributed by atoms with Crippen LogP contribution in [0.4, 0.5) is 5.88 Å². The Morgan fingerprint density at radius 2 is 1.81 bits per heavy atom. The third-order valence-electron chi connectivity index (χ3n) is 2.90. The minimum absolute atomic E-state index is 0.0828. The molecule has 0 saturated carbocycles. The van der Waals surface area contributed by atoms with Crippen LogP contribution in [0.1, 0.15) is 5.56 Å². The number of aliphatic imine (C=N–C) groups is 1. The molecule has 0 atom stereocenters. The van der Waals surface area contributed by atoms with Gasteiger partial charge in [0.25, 0.3) is 0 Å². The number of rotatable bonds is 3. The molecule has 1 aromatic heterocycles. The van der Waals surface area contributed by atoms with Crippen LogP contribution in [0.2, 0.25) is 0 Å². The second-order valence-electron chi connectivity index (χ2n) is 4.28. The first-order chi connectivity index (χ1) is 10.3. The topological polar surface area (TPSA) is 85.6 Å². The molecule has 0 fully saturated rings. The molecule has 21 heavy (non-hydrogen) atoms. The van der Waals surface area contributed by atoms with E-state index in [0.29, 0.717) is 16.0 Å². The van der Waals surface area contributed by atoms with Crippen molar-refractivity contribution in [3.63, 3.8) is 0 Å². The van der Waals surface area contributed by atoms with E-state index in [0.717, 1.165) is 0 Å². The normalized spacial score (nSPS) is 11.0. The average Bonchev–Trinajstić information content (AvgIpc) is 2.88. The van der Waals surface area contributed by atoms with E-state index in [4.69, 9.17) is 4.52 Å². The first-order valence-corrected chi connectivity index (χ1v) is 6.23. The lowest BCUT2D eigenvalue weighted by Gasteiger charge is -1.96. The van der Waals surface area contributed by atoms with Gasteiger partial charge < -0.3 is 10.3 Å². The summed E-state index contributed by atoms with van der Waals surface area (Å²) in [5.41, 5.74) is 1.39. The molecule has 0 aliphatic carbocycles. The number of phenols is 1. The molecule has 0 amide bonds. The maximum absolute atomic E-state index is 11.7. The van der Waals surface area contributed by atoms with Gasteiger partial charge >= 0.3 is 11.6 Å². The first kappa shape index (κ1) is 12.9.